The molecule has 0 radical (unpaired) electrons. The molecular weight excluding hydrogens is 290 g/mol. The number of methoxy groups -OCH3 is 2. The molecule has 0 aliphatic rings. The minimum Gasteiger partial charge on any atom is -0.493 e. The van der Waals surface area contributed by atoms with Crippen molar-refractivity contribution >= 4 is 11.6 Å². The Hall–Kier alpha value is -1.72. The molecule has 6 heteroatoms. The van der Waals surface area contributed by atoms with Gasteiger partial charge in [0, 0.05) is 39.0 Å². The van der Waals surface area contributed by atoms with Crippen LogP contribution in [-0.2, 0) is 20.0 Å². The lowest BCUT2D eigenvalue weighted by Gasteiger charge is -2.12. The van der Waals surface area contributed by atoms with Crippen LogP contribution in [0.2, 0.25) is 5.02 Å². The molecule has 0 saturated heterocycles. The molecule has 2 rings (SSSR count). The largest absolute Gasteiger partial charge is 0.493 e. The van der Waals surface area contributed by atoms with Crippen LogP contribution in [-0.4, -0.2) is 30.3 Å². The zero-order chi connectivity index (χ0) is 15.2. The predicted molar refractivity (Wildman–Crippen MR) is 83.2 cm³/mol. The SMILES string of the molecule is COc1cc(CNCCc2nccn2C)cc(Cl)c1OC. The standard InChI is InChI=1S/C15H20ClN3O2/c1-19-7-6-18-14(19)4-5-17-10-11-8-12(16)15(21-3)13(9-11)20-2/h6-9,17H,4-5,10H2,1-3H3. The van der Waals surface area contributed by atoms with Crippen LogP contribution in [0, 0.1) is 0 Å². The van der Waals surface area contributed by atoms with Gasteiger partial charge in [0.25, 0.3) is 0 Å². The molecule has 21 heavy (non-hydrogen) atoms. The van der Waals surface area contributed by atoms with Crippen molar-refractivity contribution in [2.75, 3.05) is 20.8 Å². The fourth-order valence-electron chi connectivity index (χ4n) is 2.14. The van der Waals surface area contributed by atoms with Gasteiger partial charge in [-0.3, -0.25) is 0 Å². The summed E-state index contributed by atoms with van der Waals surface area (Å²) in [5, 5.41) is 3.93. The molecule has 1 N–H and O–H groups in total. The number of benzene rings is 1. The molecule has 5 nitrogen and oxygen atoms in total. The minimum atomic E-state index is 0.553. The summed E-state index contributed by atoms with van der Waals surface area (Å²) < 4.78 is 12.5. The fourth-order valence-corrected chi connectivity index (χ4v) is 2.45. The second-order valence-corrected chi connectivity index (χ2v) is 5.10. The lowest BCUT2D eigenvalue weighted by molar-refractivity contribution is 0.354. The van der Waals surface area contributed by atoms with E-state index in [1.54, 1.807) is 14.2 Å². The van der Waals surface area contributed by atoms with E-state index in [0.717, 1.165) is 24.4 Å². The maximum Gasteiger partial charge on any atom is 0.179 e. The van der Waals surface area contributed by atoms with Gasteiger partial charge in [-0.15, -0.1) is 0 Å². The first-order valence-corrected chi connectivity index (χ1v) is 7.10. The number of ether oxygens (including phenoxy) is 2. The zero-order valence-corrected chi connectivity index (χ0v) is 13.3. The highest BCUT2D eigenvalue weighted by atomic mass is 35.5. The third-order valence-electron chi connectivity index (χ3n) is 3.27. The predicted octanol–water partition coefficient (Wildman–Crippen LogP) is 2.42. The topological polar surface area (TPSA) is 48.3 Å². The van der Waals surface area contributed by atoms with E-state index < -0.39 is 0 Å². The van der Waals surface area contributed by atoms with Crippen LogP contribution in [0.5, 0.6) is 11.5 Å². The van der Waals surface area contributed by atoms with Gasteiger partial charge < -0.3 is 19.4 Å². The summed E-state index contributed by atoms with van der Waals surface area (Å²) in [4.78, 5) is 4.29. The number of hydrogen-bond acceptors (Lipinski definition) is 4. The van der Waals surface area contributed by atoms with E-state index >= 15 is 0 Å². The molecular formula is C15H20ClN3O2. The molecule has 0 aliphatic heterocycles. The highest BCUT2D eigenvalue weighted by molar-refractivity contribution is 6.32. The molecule has 0 spiro atoms. The van der Waals surface area contributed by atoms with Gasteiger partial charge in [-0.2, -0.15) is 0 Å². The number of aryl methyl sites for hydroxylation is 1. The van der Waals surface area contributed by atoms with Crippen LogP contribution >= 0.6 is 11.6 Å². The van der Waals surface area contributed by atoms with Gasteiger partial charge in [-0.05, 0) is 17.7 Å². The molecule has 1 aromatic carbocycles. The molecule has 0 unspecified atom stereocenters. The Kier molecular flexibility index (Phi) is 5.47. The van der Waals surface area contributed by atoms with E-state index in [2.05, 4.69) is 10.3 Å². The van der Waals surface area contributed by atoms with E-state index in [0.29, 0.717) is 23.1 Å². The Morgan fingerprint density at radius 1 is 1.29 bits per heavy atom. The smallest absolute Gasteiger partial charge is 0.179 e. The van der Waals surface area contributed by atoms with Gasteiger partial charge in [-0.1, -0.05) is 11.6 Å². The third-order valence-corrected chi connectivity index (χ3v) is 3.55. The molecule has 1 heterocycles. The number of rotatable bonds is 7. The van der Waals surface area contributed by atoms with Gasteiger partial charge in [0.2, 0.25) is 0 Å². The number of nitrogens with one attached hydrogen (secondary N) is 1. The van der Waals surface area contributed by atoms with Gasteiger partial charge in [-0.25, -0.2) is 4.98 Å². The van der Waals surface area contributed by atoms with Crippen LogP contribution in [0.1, 0.15) is 11.4 Å². The summed E-state index contributed by atoms with van der Waals surface area (Å²) >= 11 is 6.18. The van der Waals surface area contributed by atoms with E-state index in [-0.39, 0.29) is 0 Å². The third kappa shape index (κ3) is 3.89. The molecule has 2 aromatic rings. The van der Waals surface area contributed by atoms with Crippen molar-refractivity contribution in [1.29, 1.82) is 0 Å². The lowest BCUT2D eigenvalue weighted by Crippen LogP contribution is -2.18. The summed E-state index contributed by atoms with van der Waals surface area (Å²) in [5.74, 6) is 2.27. The zero-order valence-electron chi connectivity index (χ0n) is 12.5. The number of aromatic nitrogens is 2. The van der Waals surface area contributed by atoms with Crippen LogP contribution in [0.25, 0.3) is 0 Å². The Morgan fingerprint density at radius 2 is 2.10 bits per heavy atom. The van der Waals surface area contributed by atoms with Crippen molar-refractivity contribution in [3.63, 3.8) is 0 Å². The second kappa shape index (κ2) is 7.33. The first-order chi connectivity index (χ1) is 10.2. The Balaban J connectivity index is 1.91. The second-order valence-electron chi connectivity index (χ2n) is 4.69. The first-order valence-electron chi connectivity index (χ1n) is 6.73. The van der Waals surface area contributed by atoms with E-state index in [1.165, 1.54) is 0 Å². The number of halogens is 1. The maximum atomic E-state index is 6.18. The monoisotopic (exact) mass is 309 g/mol. The van der Waals surface area contributed by atoms with Crippen molar-refractivity contribution in [1.82, 2.24) is 14.9 Å². The van der Waals surface area contributed by atoms with Crippen molar-refractivity contribution < 1.29 is 9.47 Å². The molecule has 0 atom stereocenters. The summed E-state index contributed by atoms with van der Waals surface area (Å²) in [6.07, 6.45) is 4.64. The van der Waals surface area contributed by atoms with Crippen LogP contribution < -0.4 is 14.8 Å². The van der Waals surface area contributed by atoms with E-state index in [4.69, 9.17) is 21.1 Å². The normalized spacial score (nSPS) is 10.7. The highest BCUT2D eigenvalue weighted by Gasteiger charge is 2.10. The van der Waals surface area contributed by atoms with E-state index in [9.17, 15) is 0 Å². The first kappa shape index (κ1) is 15.7. The van der Waals surface area contributed by atoms with Crippen molar-refractivity contribution in [2.45, 2.75) is 13.0 Å². The van der Waals surface area contributed by atoms with Crippen molar-refractivity contribution in [3.05, 3.63) is 40.9 Å². The Morgan fingerprint density at radius 3 is 2.71 bits per heavy atom. The van der Waals surface area contributed by atoms with Crippen LogP contribution in [0.4, 0.5) is 0 Å². The molecule has 0 fully saturated rings. The van der Waals surface area contributed by atoms with Crippen LogP contribution in [0.3, 0.4) is 0 Å². The fraction of sp³-hybridized carbons (Fsp3) is 0.400. The summed E-state index contributed by atoms with van der Waals surface area (Å²) in [5.41, 5.74) is 1.05. The quantitative estimate of drug-likeness (QED) is 0.798. The molecule has 0 saturated carbocycles. The number of imidazole rings is 1. The van der Waals surface area contributed by atoms with Crippen molar-refractivity contribution in [3.8, 4) is 11.5 Å². The summed E-state index contributed by atoms with van der Waals surface area (Å²) in [6, 6.07) is 3.81. The number of hydrogen-bond donors (Lipinski definition) is 1. The van der Waals surface area contributed by atoms with Crippen molar-refractivity contribution in [2.24, 2.45) is 7.05 Å². The molecule has 0 amide bonds. The highest BCUT2D eigenvalue weighted by Crippen LogP contribution is 2.35. The molecule has 0 bridgehead atoms. The van der Waals surface area contributed by atoms with Gasteiger partial charge in [0.1, 0.15) is 5.82 Å². The van der Waals surface area contributed by atoms with Gasteiger partial charge in [0.05, 0.1) is 19.2 Å². The maximum absolute atomic E-state index is 6.18. The molecule has 114 valence electrons. The lowest BCUT2D eigenvalue weighted by atomic mass is 10.2. The average molecular weight is 310 g/mol. The summed E-state index contributed by atoms with van der Waals surface area (Å²) in [6.45, 7) is 1.56. The molecule has 1 aromatic heterocycles. The summed E-state index contributed by atoms with van der Waals surface area (Å²) in [7, 11) is 5.18. The van der Waals surface area contributed by atoms with Gasteiger partial charge >= 0.3 is 0 Å². The number of nitrogens with zero attached hydrogens (tertiary/aromatic N) is 2. The minimum absolute atomic E-state index is 0.553. The molecule has 0 aliphatic carbocycles. The van der Waals surface area contributed by atoms with Gasteiger partial charge in [0.15, 0.2) is 11.5 Å². The average Bonchev–Trinajstić information content (AvgIpc) is 2.88. The van der Waals surface area contributed by atoms with Crippen LogP contribution in [0.15, 0.2) is 24.5 Å². The Bertz CT molecular complexity index is 599. The Labute approximate surface area is 129 Å². The van der Waals surface area contributed by atoms with E-state index in [1.807, 2.05) is 36.1 Å².